The van der Waals surface area contributed by atoms with Crippen molar-refractivity contribution < 1.29 is 28.2 Å². The van der Waals surface area contributed by atoms with Crippen LogP contribution in [0.3, 0.4) is 0 Å². The number of benzene rings is 1. The predicted octanol–water partition coefficient (Wildman–Crippen LogP) is 2.80. The number of carboxylic acid groups (broad SMARTS) is 1. The number of hydrogen-bond donors (Lipinski definition) is 2. The van der Waals surface area contributed by atoms with Crippen LogP contribution in [0.4, 0.5) is 8.78 Å². The van der Waals surface area contributed by atoms with Gasteiger partial charge in [0.25, 0.3) is 5.91 Å². The first-order chi connectivity index (χ1) is 13.0. The molecule has 0 aliphatic heterocycles. The molecule has 10 heteroatoms. The number of hydrogen-bond acceptors (Lipinski definition) is 5. The number of nitrogens with zero attached hydrogens (tertiary/aromatic N) is 3. The Morgan fingerprint density at radius 1 is 1.29 bits per heavy atom. The minimum absolute atomic E-state index is 0.00384. The van der Waals surface area contributed by atoms with E-state index in [9.17, 15) is 18.4 Å². The van der Waals surface area contributed by atoms with E-state index in [2.05, 4.69) is 20.4 Å². The summed E-state index contributed by atoms with van der Waals surface area (Å²) in [5.41, 5.74) is 0.00220. The minimum Gasteiger partial charge on any atom is -0.481 e. The highest BCUT2D eigenvalue weighted by atomic mass is 19.3. The summed E-state index contributed by atoms with van der Waals surface area (Å²) in [7, 11) is 0. The molecule has 2 N–H and O–H groups in total. The second kappa shape index (κ2) is 8.32. The smallest absolute Gasteiger partial charge is 0.387 e. The lowest BCUT2D eigenvalue weighted by Gasteiger charge is -2.33. The van der Waals surface area contributed by atoms with E-state index in [-0.39, 0.29) is 23.8 Å². The van der Waals surface area contributed by atoms with Crippen molar-refractivity contribution in [2.24, 2.45) is 5.92 Å². The Balaban J connectivity index is 2.24. The SMILES string of the molecule is Cc1c(C(=O)NC(C)(CC(=O)O)C(C)C)nnn1-c1ccc(OC(F)F)cc1. The number of ether oxygens (including phenoxy) is 1. The van der Waals surface area contributed by atoms with Gasteiger partial charge in [0.1, 0.15) is 5.75 Å². The molecule has 0 fully saturated rings. The second-order valence-electron chi connectivity index (χ2n) is 6.90. The van der Waals surface area contributed by atoms with Gasteiger partial charge in [-0.2, -0.15) is 8.78 Å². The van der Waals surface area contributed by atoms with Crippen LogP contribution in [-0.4, -0.2) is 44.1 Å². The van der Waals surface area contributed by atoms with Gasteiger partial charge in [-0.25, -0.2) is 4.68 Å². The molecule has 2 aromatic rings. The topological polar surface area (TPSA) is 106 Å². The highest BCUT2D eigenvalue weighted by Gasteiger charge is 2.34. The average molecular weight is 396 g/mol. The van der Waals surface area contributed by atoms with Crippen LogP contribution in [0, 0.1) is 12.8 Å². The molecule has 0 bridgehead atoms. The van der Waals surface area contributed by atoms with Gasteiger partial charge in [0.05, 0.1) is 23.3 Å². The fourth-order valence-corrected chi connectivity index (χ4v) is 2.58. The van der Waals surface area contributed by atoms with Crippen molar-refractivity contribution in [2.45, 2.75) is 46.3 Å². The summed E-state index contributed by atoms with van der Waals surface area (Å²) in [4.78, 5) is 23.8. The van der Waals surface area contributed by atoms with Gasteiger partial charge in [-0.1, -0.05) is 19.1 Å². The fraction of sp³-hybridized carbons (Fsp3) is 0.444. The van der Waals surface area contributed by atoms with E-state index >= 15 is 0 Å². The van der Waals surface area contributed by atoms with Gasteiger partial charge in [-0.05, 0) is 44.0 Å². The first-order valence-electron chi connectivity index (χ1n) is 8.55. The van der Waals surface area contributed by atoms with Gasteiger partial charge in [-0.15, -0.1) is 5.10 Å². The zero-order valence-electron chi connectivity index (χ0n) is 15.9. The standard InChI is InChI=1S/C18H22F2N4O4/c1-10(2)18(4,9-14(25)26)21-16(27)15-11(3)24(23-22-15)12-5-7-13(8-6-12)28-17(19)20/h5-8,10,17H,9H2,1-4H3,(H,21,27)(H,25,26). The van der Waals surface area contributed by atoms with Gasteiger partial charge >= 0.3 is 12.6 Å². The molecule has 0 aliphatic carbocycles. The van der Waals surface area contributed by atoms with Crippen molar-refractivity contribution in [2.75, 3.05) is 0 Å². The highest BCUT2D eigenvalue weighted by Crippen LogP contribution is 2.23. The number of carbonyl (C=O) groups is 2. The molecular formula is C18H22F2N4O4. The quantitative estimate of drug-likeness (QED) is 0.711. The number of alkyl halides is 2. The molecule has 1 heterocycles. The Kier molecular flexibility index (Phi) is 6.32. The zero-order chi connectivity index (χ0) is 21.1. The Morgan fingerprint density at radius 3 is 2.39 bits per heavy atom. The third-order valence-corrected chi connectivity index (χ3v) is 4.61. The van der Waals surface area contributed by atoms with Gasteiger partial charge in [0.2, 0.25) is 0 Å². The number of carboxylic acids is 1. The van der Waals surface area contributed by atoms with E-state index in [1.165, 1.54) is 28.9 Å². The maximum atomic E-state index is 12.7. The Bertz CT molecular complexity index is 852. The van der Waals surface area contributed by atoms with Gasteiger partial charge < -0.3 is 15.2 Å². The first kappa shape index (κ1) is 21.3. The van der Waals surface area contributed by atoms with Crippen molar-refractivity contribution in [3.63, 3.8) is 0 Å². The molecule has 28 heavy (non-hydrogen) atoms. The second-order valence-corrected chi connectivity index (χ2v) is 6.90. The highest BCUT2D eigenvalue weighted by molar-refractivity contribution is 5.94. The fourth-order valence-electron chi connectivity index (χ4n) is 2.58. The first-order valence-corrected chi connectivity index (χ1v) is 8.55. The van der Waals surface area contributed by atoms with E-state index < -0.39 is 24.0 Å². The van der Waals surface area contributed by atoms with Crippen molar-refractivity contribution in [1.82, 2.24) is 20.3 Å². The average Bonchev–Trinajstić information content (AvgIpc) is 2.95. The van der Waals surface area contributed by atoms with Crippen LogP contribution >= 0.6 is 0 Å². The van der Waals surface area contributed by atoms with Gasteiger partial charge in [-0.3, -0.25) is 9.59 Å². The van der Waals surface area contributed by atoms with E-state index in [4.69, 9.17) is 5.11 Å². The number of nitrogens with one attached hydrogen (secondary N) is 1. The lowest BCUT2D eigenvalue weighted by molar-refractivity contribution is -0.138. The van der Waals surface area contributed by atoms with Crippen LogP contribution in [0.1, 0.15) is 43.4 Å². The molecule has 0 saturated heterocycles. The predicted molar refractivity (Wildman–Crippen MR) is 95.7 cm³/mol. The monoisotopic (exact) mass is 396 g/mol. The van der Waals surface area contributed by atoms with E-state index in [1.54, 1.807) is 13.8 Å². The minimum atomic E-state index is -2.92. The van der Waals surface area contributed by atoms with Crippen LogP contribution in [0.2, 0.25) is 0 Å². The Morgan fingerprint density at radius 2 is 1.89 bits per heavy atom. The molecule has 0 saturated carbocycles. The summed E-state index contributed by atoms with van der Waals surface area (Å²) in [6.07, 6.45) is -0.241. The summed E-state index contributed by atoms with van der Waals surface area (Å²) in [5.74, 6) is -1.71. The normalized spacial score (nSPS) is 13.4. The molecule has 0 radical (unpaired) electrons. The summed E-state index contributed by atoms with van der Waals surface area (Å²) < 4.78 is 30.2. The number of aliphatic carboxylic acids is 1. The molecule has 152 valence electrons. The maximum absolute atomic E-state index is 12.7. The molecule has 0 spiro atoms. The van der Waals surface area contributed by atoms with Crippen LogP contribution in [0.25, 0.3) is 5.69 Å². The van der Waals surface area contributed by atoms with Crippen LogP contribution < -0.4 is 10.1 Å². The number of halogens is 2. The summed E-state index contributed by atoms with van der Waals surface area (Å²) in [5, 5.41) is 19.7. The summed E-state index contributed by atoms with van der Waals surface area (Å²) in [6, 6.07) is 5.71. The van der Waals surface area contributed by atoms with E-state index in [0.717, 1.165) is 0 Å². The summed E-state index contributed by atoms with van der Waals surface area (Å²) in [6.45, 7) is 4.00. The molecule has 2 rings (SSSR count). The Labute approximate surface area is 160 Å². The molecule has 1 aromatic heterocycles. The third-order valence-electron chi connectivity index (χ3n) is 4.61. The summed E-state index contributed by atoms with van der Waals surface area (Å²) >= 11 is 0. The van der Waals surface area contributed by atoms with E-state index in [0.29, 0.717) is 11.4 Å². The lowest BCUT2D eigenvalue weighted by atomic mass is 9.85. The van der Waals surface area contributed by atoms with Crippen LogP contribution in [0.5, 0.6) is 5.75 Å². The van der Waals surface area contributed by atoms with Crippen molar-refractivity contribution >= 4 is 11.9 Å². The van der Waals surface area contributed by atoms with Crippen LogP contribution in [0.15, 0.2) is 24.3 Å². The molecule has 1 atom stereocenters. The number of carbonyl (C=O) groups excluding carboxylic acids is 1. The number of amides is 1. The Hall–Kier alpha value is -3.04. The van der Waals surface area contributed by atoms with E-state index in [1.807, 2.05) is 13.8 Å². The van der Waals surface area contributed by atoms with Gasteiger partial charge in [0.15, 0.2) is 5.69 Å². The molecule has 0 aliphatic rings. The molecule has 1 amide bonds. The third kappa shape index (κ3) is 4.81. The number of aromatic nitrogens is 3. The molecule has 1 unspecified atom stereocenters. The lowest BCUT2D eigenvalue weighted by Crippen LogP contribution is -2.51. The number of rotatable bonds is 8. The maximum Gasteiger partial charge on any atom is 0.387 e. The largest absolute Gasteiger partial charge is 0.481 e. The zero-order valence-corrected chi connectivity index (χ0v) is 15.9. The van der Waals surface area contributed by atoms with Gasteiger partial charge in [0, 0.05) is 0 Å². The molecule has 1 aromatic carbocycles. The van der Waals surface area contributed by atoms with Crippen molar-refractivity contribution in [3.8, 4) is 11.4 Å². The van der Waals surface area contributed by atoms with Crippen molar-refractivity contribution in [3.05, 3.63) is 35.7 Å². The molecular weight excluding hydrogens is 374 g/mol. The van der Waals surface area contributed by atoms with Crippen molar-refractivity contribution in [1.29, 1.82) is 0 Å². The molecule has 8 nitrogen and oxygen atoms in total. The van der Waals surface area contributed by atoms with Crippen LogP contribution in [-0.2, 0) is 4.79 Å².